The second-order valence-electron chi connectivity index (χ2n) is 3.75. The van der Waals surface area contributed by atoms with Gasteiger partial charge in [0.15, 0.2) is 5.79 Å². The van der Waals surface area contributed by atoms with Gasteiger partial charge in [0.2, 0.25) is 5.91 Å². The van der Waals surface area contributed by atoms with Crippen LogP contribution in [-0.4, -0.2) is 20.1 Å². The molecule has 0 atom stereocenters. The van der Waals surface area contributed by atoms with Crippen LogP contribution in [0.3, 0.4) is 0 Å². The lowest BCUT2D eigenvalue weighted by Gasteiger charge is -2.32. The second kappa shape index (κ2) is 6.83. The van der Waals surface area contributed by atoms with E-state index in [1.165, 1.54) is 0 Å². The van der Waals surface area contributed by atoms with Gasteiger partial charge in [-0.15, -0.1) is 0 Å². The number of hydrogen-bond acceptors (Lipinski definition) is 3. The van der Waals surface area contributed by atoms with E-state index < -0.39 is 5.79 Å². The van der Waals surface area contributed by atoms with Crippen LogP contribution in [0.2, 0.25) is 0 Å². The molecule has 2 N–H and O–H groups in total. The Morgan fingerprint density at radius 1 is 1.44 bits per heavy atom. The minimum Gasteiger partial charge on any atom is -0.370 e. The van der Waals surface area contributed by atoms with E-state index in [0.29, 0.717) is 6.42 Å². The van der Waals surface area contributed by atoms with E-state index in [9.17, 15) is 4.79 Å². The molecule has 0 aliphatic heterocycles. The lowest BCUT2D eigenvalue weighted by molar-refractivity contribution is -0.221. The van der Waals surface area contributed by atoms with Gasteiger partial charge in [0, 0.05) is 40.7 Å². The zero-order valence-electron chi connectivity index (χ0n) is 10.2. The van der Waals surface area contributed by atoms with Gasteiger partial charge in [0.25, 0.3) is 0 Å². The number of halogens is 2. The number of rotatable bonds is 6. The van der Waals surface area contributed by atoms with Crippen LogP contribution >= 0.6 is 38.5 Å². The molecule has 4 nitrogen and oxygen atoms in total. The maximum atomic E-state index is 11.0. The molecular formula is C12H15BrINO3. The second-order valence-corrected chi connectivity index (χ2v) is 5.85. The highest BCUT2D eigenvalue weighted by molar-refractivity contribution is 14.1. The van der Waals surface area contributed by atoms with Crippen LogP contribution in [-0.2, 0) is 20.1 Å². The van der Waals surface area contributed by atoms with Crippen molar-refractivity contribution < 1.29 is 14.3 Å². The summed E-state index contributed by atoms with van der Waals surface area (Å²) in [4.78, 5) is 11.0. The van der Waals surface area contributed by atoms with Gasteiger partial charge in [0.1, 0.15) is 0 Å². The molecule has 0 unspecified atom stereocenters. The molecule has 18 heavy (non-hydrogen) atoms. The van der Waals surface area contributed by atoms with Crippen molar-refractivity contribution in [2.45, 2.75) is 18.6 Å². The third kappa shape index (κ3) is 3.66. The predicted octanol–water partition coefficient (Wildman–Crippen LogP) is 2.76. The molecule has 0 aliphatic carbocycles. The van der Waals surface area contributed by atoms with Crippen LogP contribution < -0.4 is 5.73 Å². The lowest BCUT2D eigenvalue weighted by Crippen LogP contribution is -2.33. The summed E-state index contributed by atoms with van der Waals surface area (Å²) >= 11 is 5.69. The van der Waals surface area contributed by atoms with Gasteiger partial charge < -0.3 is 15.2 Å². The third-order valence-corrected chi connectivity index (χ3v) is 4.06. The molecule has 0 heterocycles. The molecular weight excluding hydrogens is 413 g/mol. The Kier molecular flexibility index (Phi) is 6.03. The van der Waals surface area contributed by atoms with Crippen LogP contribution in [0.4, 0.5) is 0 Å². The first-order valence-electron chi connectivity index (χ1n) is 5.29. The van der Waals surface area contributed by atoms with Crippen molar-refractivity contribution in [1.29, 1.82) is 0 Å². The zero-order chi connectivity index (χ0) is 13.8. The smallest absolute Gasteiger partial charge is 0.217 e. The van der Waals surface area contributed by atoms with Crippen molar-refractivity contribution in [1.82, 2.24) is 0 Å². The largest absolute Gasteiger partial charge is 0.370 e. The van der Waals surface area contributed by atoms with E-state index >= 15 is 0 Å². The van der Waals surface area contributed by atoms with Crippen LogP contribution in [0.1, 0.15) is 18.4 Å². The van der Waals surface area contributed by atoms with E-state index in [1.54, 1.807) is 14.2 Å². The highest BCUT2D eigenvalue weighted by Gasteiger charge is 2.34. The number of nitrogens with two attached hydrogens (primary N) is 1. The summed E-state index contributed by atoms with van der Waals surface area (Å²) < 4.78 is 12.9. The number of methoxy groups -OCH3 is 2. The van der Waals surface area contributed by atoms with Gasteiger partial charge >= 0.3 is 0 Å². The summed E-state index contributed by atoms with van der Waals surface area (Å²) in [6, 6.07) is 5.85. The Labute approximate surface area is 128 Å². The molecule has 1 rings (SSSR count). The van der Waals surface area contributed by atoms with Gasteiger partial charge in [-0.1, -0.05) is 15.9 Å². The maximum absolute atomic E-state index is 11.0. The van der Waals surface area contributed by atoms with E-state index in [1.807, 2.05) is 18.2 Å². The Morgan fingerprint density at radius 2 is 2.06 bits per heavy atom. The molecule has 1 aromatic rings. The number of benzene rings is 1. The van der Waals surface area contributed by atoms with Crippen LogP contribution in [0.5, 0.6) is 0 Å². The van der Waals surface area contributed by atoms with Gasteiger partial charge in [-0.3, -0.25) is 4.79 Å². The normalized spacial score (nSPS) is 11.6. The average Bonchev–Trinajstić information content (AvgIpc) is 2.35. The molecule has 100 valence electrons. The summed E-state index contributed by atoms with van der Waals surface area (Å²) in [5, 5.41) is 0. The van der Waals surface area contributed by atoms with Gasteiger partial charge in [-0.2, -0.15) is 0 Å². The van der Waals surface area contributed by atoms with Crippen LogP contribution in [0.25, 0.3) is 0 Å². The fourth-order valence-corrected chi connectivity index (χ4v) is 2.76. The SMILES string of the molecule is COC(CCC(N)=O)(OC)c1cc(I)ccc1Br. The number of hydrogen-bond donors (Lipinski definition) is 1. The van der Waals surface area contributed by atoms with Crippen LogP contribution in [0.15, 0.2) is 22.7 Å². The van der Waals surface area contributed by atoms with E-state index in [2.05, 4.69) is 38.5 Å². The molecule has 1 aromatic carbocycles. The summed E-state index contributed by atoms with van der Waals surface area (Å²) in [6.45, 7) is 0. The van der Waals surface area contributed by atoms with E-state index in [0.717, 1.165) is 13.6 Å². The Balaban J connectivity index is 3.16. The molecule has 0 aromatic heterocycles. The number of carbonyl (C=O) groups excluding carboxylic acids is 1. The Bertz CT molecular complexity index is 435. The predicted molar refractivity (Wildman–Crippen MR) is 81.0 cm³/mol. The molecule has 0 fully saturated rings. The van der Waals surface area contributed by atoms with Crippen molar-refractivity contribution in [3.63, 3.8) is 0 Å². The molecule has 0 aliphatic rings. The Hall–Kier alpha value is -0.180. The van der Waals surface area contributed by atoms with E-state index in [-0.39, 0.29) is 12.3 Å². The molecule has 0 spiro atoms. The first kappa shape index (κ1) is 15.9. The molecule has 6 heteroatoms. The van der Waals surface area contributed by atoms with Crippen molar-refractivity contribution in [3.8, 4) is 0 Å². The monoisotopic (exact) mass is 427 g/mol. The standard InChI is InChI=1S/C12H15BrINO3/c1-17-12(18-2,6-5-11(15)16)9-7-8(14)3-4-10(9)13/h3-4,7H,5-6H2,1-2H3,(H2,15,16). The highest BCUT2D eigenvalue weighted by atomic mass is 127. The van der Waals surface area contributed by atoms with Gasteiger partial charge in [-0.05, 0) is 40.8 Å². The minimum atomic E-state index is -0.963. The summed E-state index contributed by atoms with van der Waals surface area (Å²) in [5.74, 6) is -1.34. The maximum Gasteiger partial charge on any atom is 0.217 e. The number of amides is 1. The lowest BCUT2D eigenvalue weighted by atomic mass is 10.00. The molecule has 0 saturated heterocycles. The molecule has 0 bridgehead atoms. The van der Waals surface area contributed by atoms with E-state index in [4.69, 9.17) is 15.2 Å². The fourth-order valence-electron chi connectivity index (χ4n) is 1.72. The summed E-state index contributed by atoms with van der Waals surface area (Å²) in [5.41, 5.74) is 6.04. The first-order chi connectivity index (χ1) is 8.45. The molecule has 1 amide bonds. The summed E-state index contributed by atoms with van der Waals surface area (Å²) in [6.07, 6.45) is 0.563. The minimum absolute atomic E-state index is 0.194. The zero-order valence-corrected chi connectivity index (χ0v) is 13.9. The topological polar surface area (TPSA) is 61.5 Å². The highest BCUT2D eigenvalue weighted by Crippen LogP contribution is 2.36. The molecule has 0 radical (unpaired) electrons. The fraction of sp³-hybridized carbons (Fsp3) is 0.417. The summed E-state index contributed by atoms with van der Waals surface area (Å²) in [7, 11) is 3.10. The van der Waals surface area contributed by atoms with Crippen molar-refractivity contribution in [3.05, 3.63) is 31.8 Å². The van der Waals surface area contributed by atoms with Gasteiger partial charge in [0.05, 0.1) is 0 Å². The Morgan fingerprint density at radius 3 is 2.56 bits per heavy atom. The van der Waals surface area contributed by atoms with Crippen molar-refractivity contribution >= 4 is 44.4 Å². The average molecular weight is 428 g/mol. The van der Waals surface area contributed by atoms with Crippen LogP contribution in [0, 0.1) is 3.57 Å². The first-order valence-corrected chi connectivity index (χ1v) is 7.16. The quantitative estimate of drug-likeness (QED) is 0.560. The number of primary amides is 1. The van der Waals surface area contributed by atoms with Crippen molar-refractivity contribution in [2.24, 2.45) is 5.73 Å². The van der Waals surface area contributed by atoms with Gasteiger partial charge in [-0.25, -0.2) is 0 Å². The number of carbonyl (C=O) groups is 1. The third-order valence-electron chi connectivity index (χ3n) is 2.70. The number of ether oxygens (including phenoxy) is 2. The van der Waals surface area contributed by atoms with Crippen molar-refractivity contribution in [2.75, 3.05) is 14.2 Å². The molecule has 0 saturated carbocycles.